The van der Waals surface area contributed by atoms with Crippen molar-refractivity contribution in [2.24, 2.45) is 5.41 Å². The highest BCUT2D eigenvalue weighted by Gasteiger charge is 2.27. The Morgan fingerprint density at radius 1 is 1.35 bits per heavy atom. The quantitative estimate of drug-likeness (QED) is 0.879. The molecule has 6 heteroatoms. The number of aromatic nitrogens is 2. The summed E-state index contributed by atoms with van der Waals surface area (Å²) in [5.41, 5.74) is 0.658. The number of nitrogens with one attached hydrogen (secondary N) is 1. The molecule has 1 aromatic carbocycles. The zero-order valence-corrected chi connectivity index (χ0v) is 12.4. The fourth-order valence-electron chi connectivity index (χ4n) is 1.54. The number of hydrogen-bond acceptors (Lipinski definition) is 4. The first-order valence-electron chi connectivity index (χ1n) is 6.21. The molecule has 1 amide bonds. The van der Waals surface area contributed by atoms with Gasteiger partial charge in [-0.25, -0.2) is 0 Å². The van der Waals surface area contributed by atoms with Crippen LogP contribution in [0.5, 0.6) is 0 Å². The van der Waals surface area contributed by atoms with Gasteiger partial charge < -0.3 is 9.73 Å². The number of aryl methyl sites for hydroxylation is 1. The summed E-state index contributed by atoms with van der Waals surface area (Å²) in [5, 5.41) is 10.6. The summed E-state index contributed by atoms with van der Waals surface area (Å²) in [7, 11) is 0. The molecule has 1 heterocycles. The molecule has 106 valence electrons. The summed E-state index contributed by atoms with van der Waals surface area (Å²) in [6.07, 6.45) is 0. The van der Waals surface area contributed by atoms with Gasteiger partial charge in [0.25, 0.3) is 0 Å². The number of hydrogen-bond donors (Lipinski definition) is 1. The molecule has 0 aliphatic rings. The molecule has 0 saturated heterocycles. The van der Waals surface area contributed by atoms with Crippen LogP contribution in [0.4, 0.5) is 5.69 Å². The van der Waals surface area contributed by atoms with Crippen LogP contribution >= 0.6 is 11.6 Å². The fourth-order valence-corrected chi connectivity index (χ4v) is 1.66. The van der Waals surface area contributed by atoms with Gasteiger partial charge in [0.1, 0.15) is 0 Å². The van der Waals surface area contributed by atoms with E-state index in [0.717, 1.165) is 0 Å². The molecule has 0 unspecified atom stereocenters. The minimum Gasteiger partial charge on any atom is -0.421 e. The number of amides is 1. The Bertz CT molecular complexity index is 622. The highest BCUT2D eigenvalue weighted by Crippen LogP contribution is 2.28. The Labute approximate surface area is 122 Å². The van der Waals surface area contributed by atoms with Crippen molar-refractivity contribution in [3.05, 3.63) is 30.2 Å². The van der Waals surface area contributed by atoms with Crippen molar-refractivity contribution in [1.29, 1.82) is 0 Å². The van der Waals surface area contributed by atoms with E-state index in [1.807, 2.05) is 18.2 Å². The van der Waals surface area contributed by atoms with Crippen LogP contribution in [0.25, 0.3) is 11.5 Å². The lowest BCUT2D eigenvalue weighted by Crippen LogP contribution is -2.32. The predicted molar refractivity (Wildman–Crippen MR) is 77.6 cm³/mol. The molecule has 2 aromatic rings. The first-order chi connectivity index (χ1) is 9.44. The van der Waals surface area contributed by atoms with Crippen molar-refractivity contribution in [2.75, 3.05) is 11.2 Å². The van der Waals surface area contributed by atoms with E-state index in [0.29, 0.717) is 23.0 Å². The molecule has 0 spiro atoms. The van der Waals surface area contributed by atoms with E-state index in [9.17, 15) is 4.79 Å². The van der Waals surface area contributed by atoms with E-state index in [1.54, 1.807) is 26.8 Å². The van der Waals surface area contributed by atoms with Gasteiger partial charge in [-0.2, -0.15) is 0 Å². The number of nitrogens with zero attached hydrogens (tertiary/aromatic N) is 2. The third-order valence-corrected chi connectivity index (χ3v) is 3.55. The van der Waals surface area contributed by atoms with Crippen LogP contribution in [0.3, 0.4) is 0 Å². The highest BCUT2D eigenvalue weighted by atomic mass is 35.5. The fraction of sp³-hybridized carbons (Fsp3) is 0.357. The van der Waals surface area contributed by atoms with Gasteiger partial charge in [0.05, 0.1) is 16.7 Å². The Morgan fingerprint density at radius 2 is 2.05 bits per heavy atom. The topological polar surface area (TPSA) is 68.0 Å². The third-order valence-electron chi connectivity index (χ3n) is 2.88. The van der Waals surface area contributed by atoms with Crippen LogP contribution in [0.15, 0.2) is 28.7 Å². The maximum atomic E-state index is 12.2. The third kappa shape index (κ3) is 2.99. The van der Waals surface area contributed by atoms with Crippen molar-refractivity contribution in [2.45, 2.75) is 20.8 Å². The normalized spacial score (nSPS) is 11.4. The maximum Gasteiger partial charge on any atom is 0.249 e. The predicted octanol–water partition coefficient (Wildman–Crippen LogP) is 3.25. The van der Waals surface area contributed by atoms with Gasteiger partial charge in [0, 0.05) is 12.8 Å². The molecule has 0 saturated carbocycles. The summed E-state index contributed by atoms with van der Waals surface area (Å²) >= 11 is 5.81. The Hall–Kier alpha value is -1.88. The van der Waals surface area contributed by atoms with E-state index >= 15 is 0 Å². The highest BCUT2D eigenvalue weighted by molar-refractivity contribution is 6.20. The van der Waals surface area contributed by atoms with Crippen LogP contribution in [0.2, 0.25) is 0 Å². The molecule has 1 N–H and O–H groups in total. The second-order valence-corrected chi connectivity index (χ2v) is 5.41. The number of alkyl halides is 1. The van der Waals surface area contributed by atoms with E-state index in [-0.39, 0.29) is 11.8 Å². The summed E-state index contributed by atoms with van der Waals surface area (Å²) in [6.45, 7) is 5.29. The van der Waals surface area contributed by atoms with Crippen LogP contribution < -0.4 is 5.32 Å². The van der Waals surface area contributed by atoms with Gasteiger partial charge in [0.15, 0.2) is 0 Å². The minimum absolute atomic E-state index is 0.156. The monoisotopic (exact) mass is 293 g/mol. The molecule has 20 heavy (non-hydrogen) atoms. The van der Waals surface area contributed by atoms with Gasteiger partial charge in [0.2, 0.25) is 17.7 Å². The Balaban J connectivity index is 2.32. The van der Waals surface area contributed by atoms with Crippen molar-refractivity contribution in [3.63, 3.8) is 0 Å². The summed E-state index contributed by atoms with van der Waals surface area (Å²) in [4.78, 5) is 12.2. The van der Waals surface area contributed by atoms with Crippen LogP contribution in [-0.2, 0) is 4.79 Å². The second-order valence-electron chi connectivity index (χ2n) is 5.14. The largest absolute Gasteiger partial charge is 0.421 e. The smallest absolute Gasteiger partial charge is 0.249 e. The summed E-state index contributed by atoms with van der Waals surface area (Å²) in [6, 6.07) is 7.28. The average molecular weight is 294 g/mol. The van der Waals surface area contributed by atoms with E-state index in [4.69, 9.17) is 16.0 Å². The van der Waals surface area contributed by atoms with E-state index in [2.05, 4.69) is 15.5 Å². The second kappa shape index (κ2) is 5.63. The lowest BCUT2D eigenvalue weighted by Gasteiger charge is -2.21. The summed E-state index contributed by atoms with van der Waals surface area (Å²) in [5.74, 6) is 0.932. The van der Waals surface area contributed by atoms with E-state index in [1.165, 1.54) is 0 Å². The summed E-state index contributed by atoms with van der Waals surface area (Å²) < 4.78 is 5.40. The molecular weight excluding hydrogens is 278 g/mol. The molecule has 0 aliphatic heterocycles. The standard InChI is InChI=1S/C14H16ClN3O2/c1-9-17-18-12(20-9)10-6-4-5-7-11(10)16-13(19)14(2,3)8-15/h4-7H,8H2,1-3H3,(H,16,19). The number of carbonyl (C=O) groups excluding carboxylic acids is 1. The number of para-hydroxylation sites is 1. The average Bonchev–Trinajstić information content (AvgIpc) is 2.85. The van der Waals surface area contributed by atoms with Crippen molar-refractivity contribution in [1.82, 2.24) is 10.2 Å². The molecular formula is C14H16ClN3O2. The van der Waals surface area contributed by atoms with Gasteiger partial charge in [-0.15, -0.1) is 21.8 Å². The Morgan fingerprint density at radius 3 is 2.65 bits per heavy atom. The zero-order valence-electron chi connectivity index (χ0n) is 11.6. The maximum absolute atomic E-state index is 12.2. The molecule has 5 nitrogen and oxygen atoms in total. The molecule has 0 radical (unpaired) electrons. The van der Waals surface area contributed by atoms with Gasteiger partial charge in [-0.3, -0.25) is 4.79 Å². The molecule has 1 aromatic heterocycles. The number of rotatable bonds is 4. The molecule has 0 aliphatic carbocycles. The van der Waals surface area contributed by atoms with Crippen molar-refractivity contribution < 1.29 is 9.21 Å². The molecule has 2 rings (SSSR count). The van der Waals surface area contributed by atoms with Gasteiger partial charge >= 0.3 is 0 Å². The molecule has 0 bridgehead atoms. The number of benzene rings is 1. The van der Waals surface area contributed by atoms with Gasteiger partial charge in [-0.1, -0.05) is 12.1 Å². The van der Waals surface area contributed by atoms with E-state index < -0.39 is 5.41 Å². The lowest BCUT2D eigenvalue weighted by atomic mass is 9.95. The number of anilines is 1. The van der Waals surface area contributed by atoms with Crippen LogP contribution in [0.1, 0.15) is 19.7 Å². The van der Waals surface area contributed by atoms with Crippen molar-refractivity contribution in [3.8, 4) is 11.5 Å². The van der Waals surface area contributed by atoms with Crippen molar-refractivity contribution >= 4 is 23.2 Å². The first-order valence-corrected chi connectivity index (χ1v) is 6.74. The van der Waals surface area contributed by atoms with Crippen LogP contribution in [-0.4, -0.2) is 22.0 Å². The molecule has 0 fully saturated rings. The lowest BCUT2D eigenvalue weighted by molar-refractivity contribution is -0.122. The molecule has 0 atom stereocenters. The number of halogens is 1. The Kier molecular flexibility index (Phi) is 4.09. The zero-order chi connectivity index (χ0) is 14.8. The SMILES string of the molecule is Cc1nnc(-c2ccccc2NC(=O)C(C)(C)CCl)o1. The van der Waals surface area contributed by atoms with Crippen LogP contribution in [0, 0.1) is 12.3 Å². The first kappa shape index (κ1) is 14.5. The minimum atomic E-state index is -0.653. The van der Waals surface area contributed by atoms with Gasteiger partial charge in [-0.05, 0) is 26.0 Å². The number of carbonyl (C=O) groups is 1.